The molecule has 0 aromatic heterocycles. The van der Waals surface area contributed by atoms with Gasteiger partial charge in [0.05, 0.1) is 5.56 Å². The van der Waals surface area contributed by atoms with E-state index in [1.807, 2.05) is 60.7 Å². The van der Waals surface area contributed by atoms with Gasteiger partial charge in [-0.2, -0.15) is 0 Å². The van der Waals surface area contributed by atoms with Gasteiger partial charge in [0.25, 0.3) is 5.91 Å². The topological polar surface area (TPSA) is 41.6 Å². The van der Waals surface area contributed by atoms with Gasteiger partial charge in [0, 0.05) is 25.7 Å². The maximum absolute atomic E-state index is 13.1. The van der Waals surface area contributed by atoms with Crippen LogP contribution in [0.25, 0.3) is 0 Å². The second-order valence-electron chi connectivity index (χ2n) is 7.56. The van der Waals surface area contributed by atoms with E-state index in [4.69, 9.17) is 4.74 Å². The highest BCUT2D eigenvalue weighted by Gasteiger charge is 2.22. The normalized spacial score (nSPS) is 15.0. The molecule has 0 unspecified atom stereocenters. The van der Waals surface area contributed by atoms with Crippen molar-refractivity contribution in [1.29, 1.82) is 0 Å². The van der Waals surface area contributed by atoms with Gasteiger partial charge in [-0.25, -0.2) is 4.39 Å². The lowest BCUT2D eigenvalue weighted by molar-refractivity contribution is 0.0906. The van der Waals surface area contributed by atoms with Crippen LogP contribution in [0.4, 0.5) is 4.39 Å². The van der Waals surface area contributed by atoms with Crippen molar-refractivity contribution in [3.8, 4) is 11.5 Å². The Bertz CT molecular complexity index is 968. The number of nitrogens with one attached hydrogen (secondary N) is 1. The Morgan fingerprint density at radius 2 is 1.60 bits per heavy atom. The lowest BCUT2D eigenvalue weighted by Crippen LogP contribution is -2.44. The smallest absolute Gasteiger partial charge is 0.255 e. The number of piperidine rings is 1. The molecule has 1 saturated heterocycles. The van der Waals surface area contributed by atoms with Crippen LogP contribution in [0.5, 0.6) is 11.5 Å². The first kappa shape index (κ1) is 20.1. The molecule has 1 aliphatic rings. The molecule has 4 nitrogen and oxygen atoms in total. The van der Waals surface area contributed by atoms with Gasteiger partial charge < -0.3 is 10.1 Å². The summed E-state index contributed by atoms with van der Waals surface area (Å²) in [5.41, 5.74) is 1.64. The van der Waals surface area contributed by atoms with Crippen LogP contribution in [0.2, 0.25) is 0 Å². The van der Waals surface area contributed by atoms with Crippen LogP contribution in [0.15, 0.2) is 78.9 Å². The largest absolute Gasteiger partial charge is 0.457 e. The fraction of sp³-hybridized carbons (Fsp3) is 0.240. The summed E-state index contributed by atoms with van der Waals surface area (Å²) in [6.45, 7) is 2.59. The number of nitrogens with zero attached hydrogens (tertiary/aromatic N) is 1. The minimum atomic E-state index is -0.211. The van der Waals surface area contributed by atoms with E-state index in [0.717, 1.165) is 38.0 Å². The Kier molecular flexibility index (Phi) is 6.40. The van der Waals surface area contributed by atoms with Gasteiger partial charge in [-0.05, 0) is 54.8 Å². The average molecular weight is 404 g/mol. The summed E-state index contributed by atoms with van der Waals surface area (Å²) in [7, 11) is 0. The molecule has 30 heavy (non-hydrogen) atoms. The Hall–Kier alpha value is -3.18. The molecular weight excluding hydrogens is 379 g/mol. The maximum Gasteiger partial charge on any atom is 0.255 e. The molecular formula is C25H25FN2O2. The highest BCUT2D eigenvalue weighted by molar-refractivity contribution is 5.97. The first-order valence-corrected chi connectivity index (χ1v) is 10.3. The zero-order valence-corrected chi connectivity index (χ0v) is 16.8. The third-order valence-corrected chi connectivity index (χ3v) is 5.34. The van der Waals surface area contributed by atoms with E-state index in [2.05, 4.69) is 10.2 Å². The number of amides is 1. The summed E-state index contributed by atoms with van der Waals surface area (Å²) in [6, 6.07) is 23.5. The van der Waals surface area contributed by atoms with Gasteiger partial charge in [0.15, 0.2) is 0 Å². The number of carbonyl (C=O) groups excluding carboxylic acids is 1. The maximum atomic E-state index is 13.1. The number of para-hydroxylation sites is 2. The molecule has 0 atom stereocenters. The summed E-state index contributed by atoms with van der Waals surface area (Å²) in [5, 5.41) is 3.16. The summed E-state index contributed by atoms with van der Waals surface area (Å²) in [4.78, 5) is 15.2. The second kappa shape index (κ2) is 9.55. The van der Waals surface area contributed by atoms with Crippen LogP contribution >= 0.6 is 0 Å². The zero-order valence-electron chi connectivity index (χ0n) is 16.8. The van der Waals surface area contributed by atoms with Crippen molar-refractivity contribution in [3.05, 3.63) is 95.8 Å². The van der Waals surface area contributed by atoms with Crippen molar-refractivity contribution in [1.82, 2.24) is 10.2 Å². The van der Waals surface area contributed by atoms with Gasteiger partial charge >= 0.3 is 0 Å². The molecule has 0 aliphatic carbocycles. The third kappa shape index (κ3) is 5.24. The molecule has 1 heterocycles. The number of likely N-dealkylation sites (tertiary alicyclic amines) is 1. The molecule has 0 radical (unpaired) electrons. The number of hydrogen-bond donors (Lipinski definition) is 1. The van der Waals surface area contributed by atoms with E-state index in [9.17, 15) is 9.18 Å². The summed E-state index contributed by atoms with van der Waals surface area (Å²) < 4.78 is 19.0. The van der Waals surface area contributed by atoms with Crippen LogP contribution in [0.1, 0.15) is 28.8 Å². The number of ether oxygens (including phenoxy) is 1. The second-order valence-corrected chi connectivity index (χ2v) is 7.56. The molecule has 1 N–H and O–H groups in total. The third-order valence-electron chi connectivity index (χ3n) is 5.34. The van der Waals surface area contributed by atoms with Crippen molar-refractivity contribution in [3.63, 3.8) is 0 Å². The Labute approximate surface area is 176 Å². The highest BCUT2D eigenvalue weighted by atomic mass is 19.1. The SMILES string of the molecule is O=C(NC1CCN(Cc2ccc(F)cc2)CC1)c1ccccc1Oc1ccccc1. The fourth-order valence-corrected chi connectivity index (χ4v) is 3.71. The molecule has 0 saturated carbocycles. The molecule has 0 bridgehead atoms. The van der Waals surface area contributed by atoms with Crippen molar-refractivity contribution >= 4 is 5.91 Å². The van der Waals surface area contributed by atoms with Crippen LogP contribution in [-0.2, 0) is 6.54 Å². The number of hydrogen-bond acceptors (Lipinski definition) is 3. The predicted octanol–water partition coefficient (Wildman–Crippen LogP) is 5.01. The van der Waals surface area contributed by atoms with Gasteiger partial charge in [-0.15, -0.1) is 0 Å². The van der Waals surface area contributed by atoms with Crippen molar-refractivity contribution in [2.24, 2.45) is 0 Å². The molecule has 3 aromatic rings. The first-order chi connectivity index (χ1) is 14.7. The molecule has 3 aromatic carbocycles. The van der Waals surface area contributed by atoms with Gasteiger partial charge in [0.1, 0.15) is 17.3 Å². The first-order valence-electron chi connectivity index (χ1n) is 10.3. The minimum absolute atomic E-state index is 0.112. The Balaban J connectivity index is 1.32. The quantitative estimate of drug-likeness (QED) is 0.628. The molecule has 154 valence electrons. The summed E-state index contributed by atoms with van der Waals surface area (Å²) in [5.74, 6) is 0.928. The lowest BCUT2D eigenvalue weighted by Gasteiger charge is -2.32. The highest BCUT2D eigenvalue weighted by Crippen LogP contribution is 2.25. The fourth-order valence-electron chi connectivity index (χ4n) is 3.71. The lowest BCUT2D eigenvalue weighted by atomic mass is 10.0. The van der Waals surface area contributed by atoms with Crippen molar-refractivity contribution < 1.29 is 13.9 Å². The Morgan fingerprint density at radius 3 is 2.33 bits per heavy atom. The molecule has 0 spiro atoms. The van der Waals surface area contributed by atoms with E-state index >= 15 is 0 Å². The van der Waals surface area contributed by atoms with E-state index in [1.54, 1.807) is 6.07 Å². The van der Waals surface area contributed by atoms with E-state index in [-0.39, 0.29) is 17.8 Å². The van der Waals surface area contributed by atoms with Gasteiger partial charge in [-0.1, -0.05) is 42.5 Å². The van der Waals surface area contributed by atoms with E-state index < -0.39 is 0 Å². The summed E-state index contributed by atoms with van der Waals surface area (Å²) in [6.07, 6.45) is 1.77. The van der Waals surface area contributed by atoms with Crippen molar-refractivity contribution in [2.75, 3.05) is 13.1 Å². The summed E-state index contributed by atoms with van der Waals surface area (Å²) >= 11 is 0. The molecule has 4 rings (SSSR count). The Morgan fingerprint density at radius 1 is 0.933 bits per heavy atom. The monoisotopic (exact) mass is 404 g/mol. The molecule has 1 aliphatic heterocycles. The van der Waals surface area contributed by atoms with Crippen LogP contribution in [0.3, 0.4) is 0 Å². The zero-order chi connectivity index (χ0) is 20.8. The molecule has 1 amide bonds. The number of rotatable bonds is 6. The molecule has 5 heteroatoms. The van der Waals surface area contributed by atoms with Gasteiger partial charge in [-0.3, -0.25) is 9.69 Å². The number of benzene rings is 3. The van der Waals surface area contributed by atoms with Crippen LogP contribution in [0, 0.1) is 5.82 Å². The number of carbonyl (C=O) groups is 1. The van der Waals surface area contributed by atoms with Crippen LogP contribution in [-0.4, -0.2) is 29.9 Å². The predicted molar refractivity (Wildman–Crippen MR) is 115 cm³/mol. The average Bonchev–Trinajstić information content (AvgIpc) is 2.78. The minimum Gasteiger partial charge on any atom is -0.457 e. The molecule has 1 fully saturated rings. The standard InChI is InChI=1S/C25H25FN2O2/c26-20-12-10-19(11-13-20)18-28-16-14-21(15-17-28)27-25(29)23-8-4-5-9-24(23)30-22-6-2-1-3-7-22/h1-13,21H,14-18H2,(H,27,29). The van der Waals surface area contributed by atoms with Gasteiger partial charge in [0.2, 0.25) is 0 Å². The van der Waals surface area contributed by atoms with E-state index in [0.29, 0.717) is 17.1 Å². The van der Waals surface area contributed by atoms with Crippen molar-refractivity contribution in [2.45, 2.75) is 25.4 Å². The van der Waals surface area contributed by atoms with Crippen LogP contribution < -0.4 is 10.1 Å². The number of halogens is 1. The van der Waals surface area contributed by atoms with E-state index in [1.165, 1.54) is 12.1 Å².